The third-order valence-corrected chi connectivity index (χ3v) is 6.82. The van der Waals surface area contributed by atoms with Crippen LogP contribution in [0.2, 0.25) is 0 Å². The fraction of sp³-hybridized carbons (Fsp3) is 0.852. The van der Waals surface area contributed by atoms with Crippen molar-refractivity contribution in [3.63, 3.8) is 0 Å². The van der Waals surface area contributed by atoms with Gasteiger partial charge < -0.3 is 18.9 Å². The Kier molecular flexibility index (Phi) is 15.2. The monoisotopic (exact) mass is 496 g/mol. The third kappa shape index (κ3) is 10.6. The molecule has 0 amide bonds. The highest BCUT2D eigenvalue weighted by Gasteiger charge is 2.47. The molecule has 0 spiro atoms. The molecule has 4 atom stereocenters. The second kappa shape index (κ2) is 17.9. The fourth-order valence-electron chi connectivity index (χ4n) is 4.84. The highest BCUT2D eigenvalue weighted by molar-refractivity contribution is 4.94. The van der Waals surface area contributed by atoms with Crippen LogP contribution < -0.4 is 11.2 Å². The molecule has 8 heteroatoms. The van der Waals surface area contributed by atoms with Crippen molar-refractivity contribution in [2.24, 2.45) is 0 Å². The van der Waals surface area contributed by atoms with E-state index in [9.17, 15) is 9.59 Å². The standard InChI is InChI=1S/C27H48N2O6/c1-4-5-6-7-8-9-10-11-12-13-14-15-16-17-20-34-25-24(33-3)22(21-32-2)35-26(25)29-19-18-23(30)28-27(29)31/h18-19,22,24-26H,4-17,20-21H2,1-3H3,(H,28,30,31)/t22-,24+,25?,26-/m1/s1. The Labute approximate surface area is 210 Å². The maximum atomic E-state index is 12.3. The van der Waals surface area contributed by atoms with Gasteiger partial charge in [-0.3, -0.25) is 14.3 Å². The first kappa shape index (κ1) is 29.7. The fourth-order valence-corrected chi connectivity index (χ4v) is 4.84. The summed E-state index contributed by atoms with van der Waals surface area (Å²) in [6, 6.07) is 1.31. The number of rotatable bonds is 20. The lowest BCUT2D eigenvalue weighted by atomic mass is 10.0. The number of nitrogens with zero attached hydrogens (tertiary/aromatic N) is 1. The van der Waals surface area contributed by atoms with Crippen LogP contribution in [0.3, 0.4) is 0 Å². The number of H-pyrrole nitrogens is 1. The minimum absolute atomic E-state index is 0.325. The Morgan fingerprint density at radius 1 is 0.857 bits per heavy atom. The zero-order valence-corrected chi connectivity index (χ0v) is 22.2. The van der Waals surface area contributed by atoms with Gasteiger partial charge in [-0.25, -0.2) is 4.79 Å². The minimum Gasteiger partial charge on any atom is -0.382 e. The van der Waals surface area contributed by atoms with Gasteiger partial charge in [-0.2, -0.15) is 0 Å². The molecule has 1 saturated heterocycles. The van der Waals surface area contributed by atoms with Crippen LogP contribution >= 0.6 is 0 Å². The van der Waals surface area contributed by atoms with Crippen LogP contribution in [-0.4, -0.2) is 55.3 Å². The maximum Gasteiger partial charge on any atom is 0.330 e. The van der Waals surface area contributed by atoms with Gasteiger partial charge in [-0.05, 0) is 6.42 Å². The van der Waals surface area contributed by atoms with Gasteiger partial charge in [-0.1, -0.05) is 90.4 Å². The van der Waals surface area contributed by atoms with Gasteiger partial charge in [0.1, 0.15) is 18.3 Å². The summed E-state index contributed by atoms with van der Waals surface area (Å²) >= 11 is 0. The molecule has 2 heterocycles. The zero-order chi connectivity index (χ0) is 25.3. The first-order valence-electron chi connectivity index (χ1n) is 13.7. The van der Waals surface area contributed by atoms with Gasteiger partial charge in [0.25, 0.3) is 5.56 Å². The molecule has 1 N–H and O–H groups in total. The van der Waals surface area contributed by atoms with Crippen LogP contribution in [-0.2, 0) is 18.9 Å². The molecule has 1 aliphatic heterocycles. The molecule has 1 fully saturated rings. The maximum absolute atomic E-state index is 12.3. The summed E-state index contributed by atoms with van der Waals surface area (Å²) in [4.78, 5) is 26.1. The lowest BCUT2D eigenvalue weighted by Gasteiger charge is -2.24. The smallest absolute Gasteiger partial charge is 0.330 e. The number of hydrogen-bond donors (Lipinski definition) is 1. The molecule has 1 aromatic heterocycles. The quantitative estimate of drug-likeness (QED) is 0.257. The summed E-state index contributed by atoms with van der Waals surface area (Å²) in [6.07, 6.45) is 17.8. The molecular weight excluding hydrogens is 448 g/mol. The number of nitrogens with one attached hydrogen (secondary N) is 1. The highest BCUT2D eigenvalue weighted by atomic mass is 16.6. The van der Waals surface area contributed by atoms with Gasteiger partial charge in [0, 0.05) is 33.1 Å². The Morgan fingerprint density at radius 3 is 1.94 bits per heavy atom. The molecule has 35 heavy (non-hydrogen) atoms. The molecule has 0 aliphatic carbocycles. The van der Waals surface area contributed by atoms with Crippen LogP contribution in [0.4, 0.5) is 0 Å². The summed E-state index contributed by atoms with van der Waals surface area (Å²) < 4.78 is 24.5. The largest absolute Gasteiger partial charge is 0.382 e. The molecule has 1 aromatic rings. The van der Waals surface area contributed by atoms with E-state index in [-0.39, 0.29) is 12.2 Å². The van der Waals surface area contributed by atoms with Gasteiger partial charge in [0.15, 0.2) is 6.23 Å². The Bertz CT molecular complexity index is 779. The van der Waals surface area contributed by atoms with Crippen LogP contribution in [0.25, 0.3) is 0 Å². The summed E-state index contributed by atoms with van der Waals surface area (Å²) in [6.45, 7) is 3.16. The number of hydrogen-bond acceptors (Lipinski definition) is 6. The summed E-state index contributed by atoms with van der Waals surface area (Å²) in [5.41, 5.74) is -0.971. The van der Waals surface area contributed by atoms with Crippen molar-refractivity contribution in [2.45, 2.75) is 121 Å². The third-order valence-electron chi connectivity index (χ3n) is 6.82. The first-order valence-corrected chi connectivity index (χ1v) is 13.7. The Morgan fingerprint density at radius 2 is 1.43 bits per heavy atom. The summed E-state index contributed by atoms with van der Waals surface area (Å²) in [7, 11) is 3.21. The normalized spacial score (nSPS) is 22.1. The van der Waals surface area contributed by atoms with Gasteiger partial charge in [0.2, 0.25) is 0 Å². The van der Waals surface area contributed by atoms with Crippen LogP contribution in [0, 0.1) is 0 Å². The Balaban J connectivity index is 1.66. The van der Waals surface area contributed by atoms with Crippen molar-refractivity contribution in [1.29, 1.82) is 0 Å². The van der Waals surface area contributed by atoms with E-state index in [1.165, 1.54) is 93.9 Å². The predicted molar refractivity (Wildman–Crippen MR) is 138 cm³/mol. The number of methoxy groups -OCH3 is 2. The molecule has 8 nitrogen and oxygen atoms in total. The molecule has 202 valence electrons. The molecular formula is C27H48N2O6. The van der Waals surface area contributed by atoms with E-state index < -0.39 is 23.6 Å². The first-order chi connectivity index (χ1) is 17.1. The van der Waals surface area contributed by atoms with E-state index >= 15 is 0 Å². The second-order valence-electron chi connectivity index (χ2n) is 9.67. The predicted octanol–water partition coefficient (Wildman–Crippen LogP) is 4.96. The van der Waals surface area contributed by atoms with Crippen molar-refractivity contribution < 1.29 is 18.9 Å². The number of unbranched alkanes of at least 4 members (excludes halogenated alkanes) is 13. The van der Waals surface area contributed by atoms with E-state index in [2.05, 4.69) is 11.9 Å². The lowest BCUT2D eigenvalue weighted by Crippen LogP contribution is -2.40. The van der Waals surface area contributed by atoms with E-state index in [1.807, 2.05) is 0 Å². The molecule has 0 bridgehead atoms. The van der Waals surface area contributed by atoms with Crippen LogP contribution in [0.15, 0.2) is 21.9 Å². The SMILES string of the molecule is CCCCCCCCCCCCCCCCOC1[C@@H](OC)[C@@H](COC)O[C@H]1n1ccc(=O)[nH]c1=O. The highest BCUT2D eigenvalue weighted by Crippen LogP contribution is 2.33. The Hall–Kier alpha value is -1.48. The number of aromatic amines is 1. The molecule has 0 saturated carbocycles. The van der Waals surface area contributed by atoms with Crippen LogP contribution in [0.5, 0.6) is 0 Å². The average molecular weight is 497 g/mol. The minimum atomic E-state index is -0.684. The summed E-state index contributed by atoms with van der Waals surface area (Å²) in [5, 5.41) is 0. The van der Waals surface area contributed by atoms with E-state index in [0.29, 0.717) is 13.2 Å². The van der Waals surface area contributed by atoms with Gasteiger partial charge >= 0.3 is 5.69 Å². The van der Waals surface area contributed by atoms with E-state index in [4.69, 9.17) is 18.9 Å². The molecule has 1 unspecified atom stereocenters. The molecule has 1 aliphatic rings. The van der Waals surface area contributed by atoms with Gasteiger partial charge in [0.05, 0.1) is 6.61 Å². The lowest BCUT2D eigenvalue weighted by molar-refractivity contribution is -0.0778. The van der Waals surface area contributed by atoms with Crippen LogP contribution in [0.1, 0.15) is 103 Å². The number of aromatic nitrogens is 2. The average Bonchev–Trinajstić information content (AvgIpc) is 3.18. The van der Waals surface area contributed by atoms with E-state index in [0.717, 1.165) is 12.8 Å². The van der Waals surface area contributed by atoms with Crippen molar-refractivity contribution in [2.75, 3.05) is 27.4 Å². The molecule has 0 radical (unpaired) electrons. The van der Waals surface area contributed by atoms with Crippen molar-refractivity contribution in [1.82, 2.24) is 9.55 Å². The summed E-state index contributed by atoms with van der Waals surface area (Å²) in [5.74, 6) is 0. The molecule has 0 aromatic carbocycles. The van der Waals surface area contributed by atoms with Crippen molar-refractivity contribution in [3.8, 4) is 0 Å². The second-order valence-corrected chi connectivity index (χ2v) is 9.67. The topological polar surface area (TPSA) is 91.8 Å². The zero-order valence-electron chi connectivity index (χ0n) is 22.2. The van der Waals surface area contributed by atoms with Crippen molar-refractivity contribution >= 4 is 0 Å². The van der Waals surface area contributed by atoms with Gasteiger partial charge in [-0.15, -0.1) is 0 Å². The number of ether oxygens (including phenoxy) is 4. The van der Waals surface area contributed by atoms with Crippen molar-refractivity contribution in [3.05, 3.63) is 33.1 Å². The van der Waals surface area contributed by atoms with E-state index in [1.54, 1.807) is 14.2 Å². The molecule has 2 rings (SSSR count).